The van der Waals surface area contributed by atoms with E-state index in [0.29, 0.717) is 25.3 Å². The number of fused-ring (bicyclic) bond motifs is 2. The summed E-state index contributed by atoms with van der Waals surface area (Å²) in [5.41, 5.74) is 1.04. The Labute approximate surface area is 206 Å². The van der Waals surface area contributed by atoms with Crippen LogP contribution in [0.1, 0.15) is 50.6 Å². The Morgan fingerprint density at radius 2 is 1.94 bits per heavy atom. The summed E-state index contributed by atoms with van der Waals surface area (Å²) < 4.78 is 5.66. The highest BCUT2D eigenvalue weighted by Crippen LogP contribution is 2.50. The van der Waals surface area contributed by atoms with Gasteiger partial charge in [-0.15, -0.1) is 0 Å². The van der Waals surface area contributed by atoms with Crippen molar-refractivity contribution in [3.8, 4) is 11.5 Å². The van der Waals surface area contributed by atoms with Crippen LogP contribution in [0.5, 0.6) is 11.5 Å². The van der Waals surface area contributed by atoms with E-state index >= 15 is 0 Å². The number of carbonyl (C=O) groups is 1. The normalized spacial score (nSPS) is 24.6. The van der Waals surface area contributed by atoms with Gasteiger partial charge in [0.25, 0.3) is 0 Å². The Hall–Kier alpha value is -3.09. The van der Waals surface area contributed by atoms with E-state index in [1.807, 2.05) is 61.5 Å². The number of piperidine rings is 1. The van der Waals surface area contributed by atoms with Gasteiger partial charge in [-0.2, -0.15) is 0 Å². The van der Waals surface area contributed by atoms with Gasteiger partial charge in [-0.05, 0) is 55.3 Å². The van der Waals surface area contributed by atoms with E-state index in [0.717, 1.165) is 47.7 Å². The number of hydrogen-bond acceptors (Lipinski definition) is 5. The van der Waals surface area contributed by atoms with Gasteiger partial charge >= 0.3 is 0 Å². The largest absolute Gasteiger partial charge is 0.504 e. The number of amides is 1. The third-order valence-corrected chi connectivity index (χ3v) is 7.71. The summed E-state index contributed by atoms with van der Waals surface area (Å²) in [4.78, 5) is 15.5. The average molecular weight is 475 g/mol. The van der Waals surface area contributed by atoms with Crippen LogP contribution >= 0.6 is 0 Å². The molecule has 1 saturated heterocycles. The monoisotopic (exact) mass is 474 g/mol. The van der Waals surface area contributed by atoms with Crippen LogP contribution in [0.25, 0.3) is 10.8 Å². The first-order valence-corrected chi connectivity index (χ1v) is 12.7. The fourth-order valence-corrected chi connectivity index (χ4v) is 6.06. The highest BCUT2D eigenvalue weighted by atomic mass is 16.5. The number of likely N-dealkylation sites (tertiary alicyclic amines) is 1. The summed E-state index contributed by atoms with van der Waals surface area (Å²) in [6, 6.07) is 19.2. The Morgan fingerprint density at radius 3 is 2.80 bits per heavy atom. The molecular weight excluding hydrogens is 440 g/mol. The predicted octanol–water partition coefficient (Wildman–Crippen LogP) is 5.25. The van der Waals surface area contributed by atoms with E-state index in [-0.39, 0.29) is 30.2 Å². The summed E-state index contributed by atoms with van der Waals surface area (Å²) in [7, 11) is 0. The number of nitrogens with one attached hydrogen (secondary N) is 1. The second-order valence-corrected chi connectivity index (χ2v) is 9.86. The molecule has 5 rings (SSSR count). The smallest absolute Gasteiger partial charge is 0.238 e. The van der Waals surface area contributed by atoms with Crippen molar-refractivity contribution in [2.45, 2.75) is 50.7 Å². The minimum absolute atomic E-state index is 0.0226. The number of phenols is 1. The zero-order valence-electron chi connectivity index (χ0n) is 20.2. The number of nitrogens with zero attached hydrogens (tertiary/aromatic N) is 1. The van der Waals surface area contributed by atoms with Gasteiger partial charge in [0.2, 0.25) is 5.91 Å². The number of anilines is 1. The SMILES string of the molecule is CCOc1cc([C@H]2[C@H]3CCCC[C@]3(O)CCN2CC(=O)Nc2cccc3ccccc23)ccc1O. The van der Waals surface area contributed by atoms with Gasteiger partial charge in [0, 0.05) is 29.6 Å². The molecule has 6 nitrogen and oxygen atoms in total. The van der Waals surface area contributed by atoms with Crippen molar-refractivity contribution in [1.82, 2.24) is 4.90 Å². The van der Waals surface area contributed by atoms with Crippen LogP contribution < -0.4 is 10.1 Å². The number of hydrogen-bond donors (Lipinski definition) is 3. The second kappa shape index (κ2) is 9.88. The van der Waals surface area contributed by atoms with Gasteiger partial charge in [-0.3, -0.25) is 9.69 Å². The van der Waals surface area contributed by atoms with Crippen LogP contribution in [0.4, 0.5) is 5.69 Å². The molecule has 0 bridgehead atoms. The molecule has 0 radical (unpaired) electrons. The molecule has 3 aromatic carbocycles. The quantitative estimate of drug-likeness (QED) is 0.455. The lowest BCUT2D eigenvalue weighted by atomic mass is 9.66. The van der Waals surface area contributed by atoms with Crippen molar-refractivity contribution in [2.24, 2.45) is 5.92 Å². The molecule has 1 heterocycles. The molecule has 0 unspecified atom stereocenters. The van der Waals surface area contributed by atoms with Gasteiger partial charge in [0.05, 0.1) is 18.8 Å². The Balaban J connectivity index is 1.43. The number of carbonyl (C=O) groups excluding carboxylic acids is 1. The molecule has 3 N–H and O–H groups in total. The first-order chi connectivity index (χ1) is 17.0. The topological polar surface area (TPSA) is 82.0 Å². The first kappa shape index (κ1) is 23.6. The molecule has 2 aliphatic rings. The standard InChI is InChI=1S/C29H34N2O4/c1-2-35-26-18-21(13-14-25(26)32)28-23-11-5-6-15-29(23,34)16-17-31(28)19-27(33)30-24-12-7-9-20-8-3-4-10-22(20)24/h3-4,7-10,12-14,18,23,28,32,34H,2,5-6,11,15-17,19H2,1H3,(H,30,33)/t23-,28+,29+/m1/s1. The molecule has 35 heavy (non-hydrogen) atoms. The van der Waals surface area contributed by atoms with Crippen molar-refractivity contribution >= 4 is 22.4 Å². The van der Waals surface area contributed by atoms with Crippen LogP contribution in [0.3, 0.4) is 0 Å². The van der Waals surface area contributed by atoms with Crippen molar-refractivity contribution in [1.29, 1.82) is 0 Å². The van der Waals surface area contributed by atoms with Crippen molar-refractivity contribution < 1.29 is 19.7 Å². The van der Waals surface area contributed by atoms with Crippen molar-refractivity contribution in [3.63, 3.8) is 0 Å². The maximum absolute atomic E-state index is 13.3. The van der Waals surface area contributed by atoms with E-state index < -0.39 is 5.60 Å². The van der Waals surface area contributed by atoms with Crippen LogP contribution in [0.15, 0.2) is 60.7 Å². The molecule has 3 atom stereocenters. The number of benzene rings is 3. The minimum atomic E-state index is -0.727. The number of phenolic OH excluding ortho intramolecular Hbond substituents is 1. The molecular formula is C29H34N2O4. The molecule has 1 aliphatic heterocycles. The third kappa shape index (κ3) is 4.73. The van der Waals surface area contributed by atoms with Crippen LogP contribution in [-0.4, -0.2) is 46.3 Å². The summed E-state index contributed by atoms with van der Waals surface area (Å²) in [5.74, 6) is 0.492. The Morgan fingerprint density at radius 1 is 1.11 bits per heavy atom. The fraction of sp³-hybridized carbons (Fsp3) is 0.414. The lowest BCUT2D eigenvalue weighted by Crippen LogP contribution is -2.56. The zero-order chi connectivity index (χ0) is 24.4. The van der Waals surface area contributed by atoms with Gasteiger partial charge in [-0.25, -0.2) is 0 Å². The summed E-state index contributed by atoms with van der Waals surface area (Å²) in [5, 5.41) is 27.0. The van der Waals surface area contributed by atoms with Gasteiger partial charge in [0.15, 0.2) is 11.5 Å². The molecule has 184 valence electrons. The molecule has 1 aliphatic carbocycles. The highest BCUT2D eigenvalue weighted by molar-refractivity contribution is 6.02. The Kier molecular flexibility index (Phi) is 6.67. The highest BCUT2D eigenvalue weighted by Gasteiger charge is 2.49. The lowest BCUT2D eigenvalue weighted by Gasteiger charge is -2.52. The van der Waals surface area contributed by atoms with E-state index in [4.69, 9.17) is 4.74 Å². The lowest BCUT2D eigenvalue weighted by molar-refractivity contribution is -0.135. The molecule has 0 aromatic heterocycles. The van der Waals surface area contributed by atoms with E-state index in [2.05, 4.69) is 10.2 Å². The summed E-state index contributed by atoms with van der Waals surface area (Å²) >= 11 is 0. The average Bonchev–Trinajstić information content (AvgIpc) is 2.86. The van der Waals surface area contributed by atoms with Crippen molar-refractivity contribution in [2.75, 3.05) is 25.0 Å². The number of aliphatic hydroxyl groups is 1. The summed E-state index contributed by atoms with van der Waals surface area (Å²) in [6.45, 7) is 3.19. The van der Waals surface area contributed by atoms with Gasteiger partial charge in [-0.1, -0.05) is 55.3 Å². The van der Waals surface area contributed by atoms with Crippen LogP contribution in [-0.2, 0) is 4.79 Å². The zero-order valence-corrected chi connectivity index (χ0v) is 20.2. The fourth-order valence-electron chi connectivity index (χ4n) is 6.06. The van der Waals surface area contributed by atoms with E-state index in [9.17, 15) is 15.0 Å². The number of ether oxygens (including phenoxy) is 1. The third-order valence-electron chi connectivity index (χ3n) is 7.71. The Bertz CT molecular complexity index is 1210. The maximum Gasteiger partial charge on any atom is 0.238 e. The summed E-state index contributed by atoms with van der Waals surface area (Å²) in [6.07, 6.45) is 4.46. The van der Waals surface area contributed by atoms with Gasteiger partial charge in [0.1, 0.15) is 0 Å². The van der Waals surface area contributed by atoms with Gasteiger partial charge < -0.3 is 20.3 Å². The van der Waals surface area contributed by atoms with Crippen molar-refractivity contribution in [3.05, 3.63) is 66.2 Å². The molecule has 1 amide bonds. The second-order valence-electron chi connectivity index (χ2n) is 9.86. The molecule has 3 aromatic rings. The molecule has 6 heteroatoms. The molecule has 1 saturated carbocycles. The van der Waals surface area contributed by atoms with E-state index in [1.54, 1.807) is 6.07 Å². The predicted molar refractivity (Wildman–Crippen MR) is 138 cm³/mol. The van der Waals surface area contributed by atoms with E-state index in [1.165, 1.54) is 0 Å². The minimum Gasteiger partial charge on any atom is -0.504 e. The molecule has 0 spiro atoms. The number of rotatable bonds is 6. The number of aromatic hydroxyl groups is 1. The van der Waals surface area contributed by atoms with Crippen LogP contribution in [0.2, 0.25) is 0 Å². The maximum atomic E-state index is 13.3. The first-order valence-electron chi connectivity index (χ1n) is 12.7. The molecule has 2 fully saturated rings. The van der Waals surface area contributed by atoms with Crippen LogP contribution in [0, 0.1) is 5.92 Å².